The number of nitrogens with one attached hydrogen (secondary N) is 1. The highest BCUT2D eigenvalue weighted by Crippen LogP contribution is 2.44. The lowest BCUT2D eigenvalue weighted by Gasteiger charge is -2.25. The van der Waals surface area contributed by atoms with Crippen molar-refractivity contribution in [1.29, 1.82) is 0 Å². The number of nitrogens with zero attached hydrogens (tertiary/aromatic N) is 1. The Labute approximate surface area is 175 Å². The van der Waals surface area contributed by atoms with Gasteiger partial charge < -0.3 is 9.88 Å². The summed E-state index contributed by atoms with van der Waals surface area (Å²) in [7, 11) is 1.74. The first kappa shape index (κ1) is 17.9. The van der Waals surface area contributed by atoms with Crippen LogP contribution in [0.4, 0.5) is 11.4 Å². The zero-order chi connectivity index (χ0) is 20.3. The zero-order valence-corrected chi connectivity index (χ0v) is 17.5. The van der Waals surface area contributed by atoms with Crippen LogP contribution in [0.15, 0.2) is 69.9 Å². The van der Waals surface area contributed by atoms with Gasteiger partial charge in [0, 0.05) is 39.3 Å². The van der Waals surface area contributed by atoms with Gasteiger partial charge in [0.15, 0.2) is 5.78 Å². The van der Waals surface area contributed by atoms with Gasteiger partial charge in [0.1, 0.15) is 5.69 Å². The summed E-state index contributed by atoms with van der Waals surface area (Å²) in [4.78, 5) is 26.6. The molecule has 1 N–H and O–H groups in total. The summed E-state index contributed by atoms with van der Waals surface area (Å²) >= 11 is 3.55. The molecular weight excluding hydrogens is 428 g/mol. The third-order valence-corrected chi connectivity index (χ3v) is 6.16. The quantitative estimate of drug-likeness (QED) is 0.387. The van der Waals surface area contributed by atoms with Crippen LogP contribution >= 0.6 is 15.9 Å². The molecule has 29 heavy (non-hydrogen) atoms. The Morgan fingerprint density at radius 3 is 2.28 bits per heavy atom. The van der Waals surface area contributed by atoms with E-state index in [1.54, 1.807) is 11.6 Å². The number of anilines is 2. The molecule has 3 aromatic carbocycles. The molecule has 1 aliphatic carbocycles. The summed E-state index contributed by atoms with van der Waals surface area (Å²) < 4.78 is 2.33. The standard InChI is InChI=1S/C24H17BrN2O2/c1-13-7-9-14(10-8-13)26-22-19-15-5-3-4-6-16(15)23(28)20-17(25)11-12-18(21(19)20)27(2)24(22)29/h3-12,26H,1-2H3. The topological polar surface area (TPSA) is 51.1 Å². The third-order valence-electron chi connectivity index (χ3n) is 5.50. The fraction of sp³-hybridized carbons (Fsp3) is 0.0833. The monoisotopic (exact) mass is 444 g/mol. The van der Waals surface area contributed by atoms with E-state index >= 15 is 0 Å². The maximum atomic E-state index is 13.3. The van der Waals surface area contributed by atoms with E-state index in [1.165, 1.54) is 0 Å². The van der Waals surface area contributed by atoms with Crippen molar-refractivity contribution >= 4 is 44.0 Å². The maximum absolute atomic E-state index is 13.3. The number of carbonyl (C=O) groups excluding carboxylic acids is 1. The molecule has 4 aromatic rings. The number of pyridine rings is 1. The second-order valence-electron chi connectivity index (χ2n) is 7.30. The van der Waals surface area contributed by atoms with Crippen LogP contribution in [0.1, 0.15) is 21.5 Å². The summed E-state index contributed by atoms with van der Waals surface area (Å²) in [5.41, 5.74) is 5.80. The maximum Gasteiger partial charge on any atom is 0.275 e. The van der Waals surface area contributed by atoms with Crippen LogP contribution in [-0.2, 0) is 7.05 Å². The normalized spacial score (nSPS) is 12.2. The molecule has 1 heterocycles. The van der Waals surface area contributed by atoms with Crippen molar-refractivity contribution in [2.45, 2.75) is 6.92 Å². The Morgan fingerprint density at radius 1 is 0.862 bits per heavy atom. The Balaban J connectivity index is 1.93. The van der Waals surface area contributed by atoms with E-state index in [9.17, 15) is 9.59 Å². The number of halogens is 1. The first-order valence-corrected chi connectivity index (χ1v) is 10.1. The van der Waals surface area contributed by atoms with Gasteiger partial charge in [-0.2, -0.15) is 0 Å². The van der Waals surface area contributed by atoms with E-state index in [-0.39, 0.29) is 11.3 Å². The molecule has 1 aliphatic rings. The van der Waals surface area contributed by atoms with Gasteiger partial charge in [-0.3, -0.25) is 9.59 Å². The summed E-state index contributed by atoms with van der Waals surface area (Å²) in [5, 5.41) is 4.12. The lowest BCUT2D eigenvalue weighted by Crippen LogP contribution is -2.24. The van der Waals surface area contributed by atoms with Crippen LogP contribution in [-0.4, -0.2) is 10.4 Å². The molecule has 0 radical (unpaired) electrons. The summed E-state index contributed by atoms with van der Waals surface area (Å²) in [6.45, 7) is 2.02. The first-order chi connectivity index (χ1) is 14.0. The second kappa shape index (κ2) is 6.42. The highest BCUT2D eigenvalue weighted by atomic mass is 79.9. The Hall–Kier alpha value is -3.18. The van der Waals surface area contributed by atoms with Crippen molar-refractivity contribution < 1.29 is 4.79 Å². The number of aromatic nitrogens is 1. The molecule has 0 aliphatic heterocycles. The van der Waals surface area contributed by atoms with Crippen molar-refractivity contribution in [1.82, 2.24) is 4.57 Å². The number of carbonyl (C=O) groups is 1. The van der Waals surface area contributed by atoms with Gasteiger partial charge in [-0.1, -0.05) is 57.9 Å². The zero-order valence-electron chi connectivity index (χ0n) is 15.9. The van der Waals surface area contributed by atoms with E-state index in [4.69, 9.17) is 0 Å². The summed E-state index contributed by atoms with van der Waals surface area (Å²) in [6, 6.07) is 19.1. The van der Waals surface area contributed by atoms with Crippen LogP contribution in [0.5, 0.6) is 0 Å². The van der Waals surface area contributed by atoms with Crippen molar-refractivity contribution in [3.8, 4) is 11.1 Å². The number of hydrogen-bond donors (Lipinski definition) is 1. The third kappa shape index (κ3) is 2.58. The molecule has 142 valence electrons. The van der Waals surface area contributed by atoms with Gasteiger partial charge in [-0.15, -0.1) is 0 Å². The van der Waals surface area contributed by atoms with E-state index in [2.05, 4.69) is 21.2 Å². The minimum Gasteiger partial charge on any atom is -0.350 e. The van der Waals surface area contributed by atoms with Crippen LogP contribution < -0.4 is 10.9 Å². The fourth-order valence-electron chi connectivity index (χ4n) is 4.03. The number of fused-ring (bicyclic) bond motifs is 2. The molecule has 0 bridgehead atoms. The smallest absolute Gasteiger partial charge is 0.275 e. The average Bonchev–Trinajstić information content (AvgIpc) is 2.73. The van der Waals surface area contributed by atoms with E-state index in [0.29, 0.717) is 16.8 Å². The number of aryl methyl sites for hydroxylation is 2. The first-order valence-electron chi connectivity index (χ1n) is 9.30. The number of benzene rings is 3. The van der Waals surface area contributed by atoms with Crippen molar-refractivity contribution in [2.75, 3.05) is 5.32 Å². The molecule has 0 unspecified atom stereocenters. The number of ketones is 1. The molecule has 5 heteroatoms. The second-order valence-corrected chi connectivity index (χ2v) is 8.15. The Morgan fingerprint density at radius 2 is 1.55 bits per heavy atom. The molecule has 4 nitrogen and oxygen atoms in total. The van der Waals surface area contributed by atoms with Crippen molar-refractivity contribution in [2.24, 2.45) is 7.05 Å². The van der Waals surface area contributed by atoms with Crippen molar-refractivity contribution in [3.05, 3.63) is 92.2 Å². The van der Waals surface area contributed by atoms with Gasteiger partial charge in [0.2, 0.25) is 0 Å². The van der Waals surface area contributed by atoms with Gasteiger partial charge in [-0.05, 0) is 36.8 Å². The SMILES string of the molecule is Cc1ccc(Nc2c3c4c(c(Br)ccc4n(C)c2=O)C(=O)c2ccccc2-3)cc1. The summed E-state index contributed by atoms with van der Waals surface area (Å²) in [6.07, 6.45) is 0. The van der Waals surface area contributed by atoms with Crippen molar-refractivity contribution in [3.63, 3.8) is 0 Å². The van der Waals surface area contributed by atoms with Gasteiger partial charge in [0.25, 0.3) is 5.56 Å². The highest BCUT2D eigenvalue weighted by molar-refractivity contribution is 9.10. The number of rotatable bonds is 2. The summed E-state index contributed by atoms with van der Waals surface area (Å²) in [5.74, 6) is -0.0366. The van der Waals surface area contributed by atoms with Gasteiger partial charge in [0.05, 0.1) is 5.52 Å². The van der Waals surface area contributed by atoms with E-state index in [1.807, 2.05) is 67.6 Å². The van der Waals surface area contributed by atoms with Crippen LogP contribution in [0.25, 0.3) is 22.0 Å². The largest absolute Gasteiger partial charge is 0.350 e. The number of hydrogen-bond acceptors (Lipinski definition) is 3. The predicted molar refractivity (Wildman–Crippen MR) is 120 cm³/mol. The Bertz CT molecular complexity index is 1390. The molecule has 0 saturated carbocycles. The van der Waals surface area contributed by atoms with Gasteiger partial charge in [-0.25, -0.2) is 0 Å². The van der Waals surface area contributed by atoms with Gasteiger partial charge >= 0.3 is 0 Å². The lowest BCUT2D eigenvalue weighted by atomic mass is 9.83. The molecule has 0 saturated heterocycles. The molecule has 0 fully saturated rings. The Kier molecular flexibility index (Phi) is 3.96. The predicted octanol–water partition coefficient (Wildman–Crippen LogP) is 5.56. The van der Waals surface area contributed by atoms with Crippen LogP contribution in [0, 0.1) is 6.92 Å². The molecule has 0 amide bonds. The molecular formula is C24H17BrN2O2. The molecule has 0 atom stereocenters. The molecule has 1 aromatic heterocycles. The van der Waals surface area contributed by atoms with Crippen LogP contribution in [0.3, 0.4) is 0 Å². The fourth-order valence-corrected chi connectivity index (χ4v) is 4.54. The lowest BCUT2D eigenvalue weighted by molar-refractivity contribution is 0.103. The minimum absolute atomic E-state index is 0.0366. The average molecular weight is 445 g/mol. The minimum atomic E-state index is -0.134. The molecule has 0 spiro atoms. The van der Waals surface area contributed by atoms with E-state index < -0.39 is 0 Å². The van der Waals surface area contributed by atoms with Crippen LogP contribution in [0.2, 0.25) is 0 Å². The highest BCUT2D eigenvalue weighted by Gasteiger charge is 2.31. The van der Waals surface area contributed by atoms with E-state index in [0.717, 1.165) is 37.8 Å². The molecule has 5 rings (SSSR count).